The van der Waals surface area contributed by atoms with Crippen LogP contribution in [-0.4, -0.2) is 25.2 Å². The number of fused-ring (bicyclic) bond motifs is 2. The molecule has 0 atom stereocenters. The standard InChI is InChI=1S/C22H19N3O3/c1-24-13-4-7-16-19(10-13)28-20-11-14(25-2)5-8-17(20)21(16)15-6-3-12(23)9-18(15)22(26)27/h3-11,24H,23H2,1-2H3,(H,26,27). The van der Waals surface area contributed by atoms with Crippen LogP contribution in [0.4, 0.5) is 11.4 Å². The number of nitrogens with zero attached hydrogens (tertiary/aromatic N) is 1. The summed E-state index contributed by atoms with van der Waals surface area (Å²) in [6, 6.07) is 16.3. The van der Waals surface area contributed by atoms with Gasteiger partial charge in [0.1, 0.15) is 11.3 Å². The second-order valence-corrected chi connectivity index (χ2v) is 6.45. The van der Waals surface area contributed by atoms with Gasteiger partial charge >= 0.3 is 5.97 Å². The maximum Gasteiger partial charge on any atom is 0.336 e. The van der Waals surface area contributed by atoms with Crippen molar-refractivity contribution in [2.45, 2.75) is 0 Å². The molecule has 2 aliphatic rings. The molecule has 0 radical (unpaired) electrons. The maximum atomic E-state index is 11.9. The second-order valence-electron chi connectivity index (χ2n) is 6.45. The highest BCUT2D eigenvalue weighted by atomic mass is 16.4. The van der Waals surface area contributed by atoms with Crippen molar-refractivity contribution in [1.82, 2.24) is 0 Å². The van der Waals surface area contributed by atoms with Gasteiger partial charge in [0.25, 0.3) is 0 Å². The van der Waals surface area contributed by atoms with Crippen LogP contribution in [0.1, 0.15) is 10.4 Å². The lowest BCUT2D eigenvalue weighted by Gasteiger charge is -2.17. The molecule has 1 aliphatic heterocycles. The molecule has 2 aromatic rings. The topological polar surface area (TPSA) is 101 Å². The Morgan fingerprint density at radius 2 is 1.86 bits per heavy atom. The normalized spacial score (nSPS) is 11.9. The summed E-state index contributed by atoms with van der Waals surface area (Å²) in [7, 11) is 3.55. The van der Waals surface area contributed by atoms with E-state index < -0.39 is 5.97 Å². The van der Waals surface area contributed by atoms with E-state index in [0.29, 0.717) is 22.6 Å². The minimum atomic E-state index is -1.03. The fraction of sp³-hybridized carbons (Fsp3) is 0.0909. The van der Waals surface area contributed by atoms with Crippen molar-refractivity contribution in [3.8, 4) is 22.5 Å². The van der Waals surface area contributed by atoms with Crippen LogP contribution in [0.3, 0.4) is 0 Å². The Hall–Kier alpha value is -3.80. The zero-order valence-electron chi connectivity index (χ0n) is 15.5. The molecule has 28 heavy (non-hydrogen) atoms. The molecule has 0 aromatic heterocycles. The Kier molecular flexibility index (Phi) is 4.24. The summed E-state index contributed by atoms with van der Waals surface area (Å²) in [5.41, 5.74) is 10.1. The smallest absolute Gasteiger partial charge is 0.336 e. The quantitative estimate of drug-likeness (QED) is 0.371. The van der Waals surface area contributed by atoms with Gasteiger partial charge in [-0.3, -0.25) is 4.99 Å². The molecule has 140 valence electrons. The van der Waals surface area contributed by atoms with Crippen molar-refractivity contribution in [2.75, 3.05) is 25.1 Å². The molecule has 0 saturated heterocycles. The Labute approximate surface area is 161 Å². The third-order valence-electron chi connectivity index (χ3n) is 4.80. The number of hydrogen-bond acceptors (Lipinski definition) is 5. The Morgan fingerprint density at radius 3 is 2.57 bits per heavy atom. The summed E-state index contributed by atoms with van der Waals surface area (Å²) in [5.74, 6) is -0.400. The Bertz CT molecular complexity index is 1260. The number of carboxylic acid groups (broad SMARTS) is 1. The molecule has 6 heteroatoms. The number of nitrogens with two attached hydrogens (primary N) is 1. The van der Waals surface area contributed by atoms with Crippen LogP contribution in [0.5, 0.6) is 0 Å². The van der Waals surface area contributed by atoms with Gasteiger partial charge in [-0.05, 0) is 42.0 Å². The molecular formula is C22H19N3O3. The summed E-state index contributed by atoms with van der Waals surface area (Å²) in [6.07, 6.45) is 0. The summed E-state index contributed by atoms with van der Waals surface area (Å²) < 4.78 is 6.15. The van der Waals surface area contributed by atoms with Gasteiger partial charge in [-0.1, -0.05) is 6.07 Å². The van der Waals surface area contributed by atoms with E-state index in [-0.39, 0.29) is 5.56 Å². The molecule has 0 spiro atoms. The van der Waals surface area contributed by atoms with Crippen LogP contribution < -0.4 is 16.4 Å². The van der Waals surface area contributed by atoms with Crippen molar-refractivity contribution in [3.05, 3.63) is 65.5 Å². The van der Waals surface area contributed by atoms with Crippen LogP contribution >= 0.6 is 0 Å². The number of carboxylic acids is 1. The van der Waals surface area contributed by atoms with Gasteiger partial charge in [0.2, 0.25) is 0 Å². The van der Waals surface area contributed by atoms with E-state index in [0.717, 1.165) is 27.6 Å². The number of rotatable bonds is 3. The van der Waals surface area contributed by atoms with Gasteiger partial charge in [-0.2, -0.15) is 0 Å². The number of benzene rings is 3. The maximum absolute atomic E-state index is 11.9. The molecule has 0 amide bonds. The van der Waals surface area contributed by atoms with Crippen molar-refractivity contribution in [3.63, 3.8) is 0 Å². The van der Waals surface area contributed by atoms with E-state index in [1.807, 2.05) is 43.4 Å². The number of nitrogens with one attached hydrogen (secondary N) is 1. The lowest BCUT2D eigenvalue weighted by atomic mass is 9.90. The molecule has 0 unspecified atom stereocenters. The monoisotopic (exact) mass is 373 g/mol. The minimum Gasteiger partial charge on any atom is -0.478 e. The summed E-state index contributed by atoms with van der Waals surface area (Å²) in [5, 5.41) is 14.5. The fourth-order valence-electron chi connectivity index (χ4n) is 3.42. The summed E-state index contributed by atoms with van der Waals surface area (Å²) in [6.45, 7) is 0. The average molecular weight is 373 g/mol. The molecule has 4 N–H and O–H groups in total. The zero-order valence-corrected chi connectivity index (χ0v) is 15.5. The highest BCUT2D eigenvalue weighted by Gasteiger charge is 2.21. The third kappa shape index (κ3) is 2.85. The van der Waals surface area contributed by atoms with Gasteiger partial charge in [-0.15, -0.1) is 0 Å². The highest BCUT2D eigenvalue weighted by Crippen LogP contribution is 2.42. The number of aromatic carboxylic acids is 1. The lowest BCUT2D eigenvalue weighted by molar-refractivity contribution is 0.0698. The molecule has 2 aromatic carbocycles. The van der Waals surface area contributed by atoms with Gasteiger partial charge in [0, 0.05) is 54.1 Å². The Morgan fingerprint density at radius 1 is 1.07 bits per heavy atom. The summed E-state index contributed by atoms with van der Waals surface area (Å²) in [4.78, 5) is 16.1. The van der Waals surface area contributed by atoms with E-state index in [4.69, 9.17) is 10.2 Å². The molecule has 0 fully saturated rings. The first-order valence-corrected chi connectivity index (χ1v) is 8.76. The predicted molar refractivity (Wildman–Crippen MR) is 111 cm³/mol. The largest absolute Gasteiger partial charge is 0.478 e. The number of anilines is 2. The first-order chi connectivity index (χ1) is 13.5. The van der Waals surface area contributed by atoms with Crippen LogP contribution in [-0.2, 0) is 0 Å². The first-order valence-electron chi connectivity index (χ1n) is 8.76. The van der Waals surface area contributed by atoms with E-state index in [1.54, 1.807) is 19.2 Å². The van der Waals surface area contributed by atoms with Crippen molar-refractivity contribution < 1.29 is 14.3 Å². The molecule has 1 aliphatic carbocycles. The Balaban J connectivity index is 2.19. The molecule has 0 saturated carbocycles. The van der Waals surface area contributed by atoms with Gasteiger partial charge in [0.15, 0.2) is 0 Å². The third-order valence-corrected chi connectivity index (χ3v) is 4.80. The summed E-state index contributed by atoms with van der Waals surface area (Å²) >= 11 is 0. The van der Waals surface area contributed by atoms with Crippen molar-refractivity contribution >= 4 is 28.3 Å². The van der Waals surface area contributed by atoms with Gasteiger partial charge < -0.3 is 20.6 Å². The highest BCUT2D eigenvalue weighted by molar-refractivity contribution is 6.08. The van der Waals surface area contributed by atoms with Crippen LogP contribution in [0.25, 0.3) is 33.4 Å². The molecule has 6 nitrogen and oxygen atoms in total. The minimum absolute atomic E-state index is 0.149. The van der Waals surface area contributed by atoms with Crippen LogP contribution in [0.2, 0.25) is 0 Å². The van der Waals surface area contributed by atoms with E-state index in [9.17, 15) is 9.90 Å². The van der Waals surface area contributed by atoms with Crippen LogP contribution in [0, 0.1) is 0 Å². The van der Waals surface area contributed by atoms with Crippen LogP contribution in [0.15, 0.2) is 64.0 Å². The number of nitrogen functional groups attached to an aromatic ring is 1. The van der Waals surface area contributed by atoms with E-state index in [2.05, 4.69) is 10.3 Å². The zero-order chi connectivity index (χ0) is 19.8. The molecule has 4 rings (SSSR count). The van der Waals surface area contributed by atoms with E-state index >= 15 is 0 Å². The predicted octanol–water partition coefficient (Wildman–Crippen LogP) is 4.06. The first kappa shape index (κ1) is 17.6. The van der Waals surface area contributed by atoms with Crippen molar-refractivity contribution in [2.24, 2.45) is 4.99 Å². The fourth-order valence-corrected chi connectivity index (χ4v) is 3.42. The second kappa shape index (κ2) is 6.74. The average Bonchev–Trinajstić information content (AvgIpc) is 2.71. The van der Waals surface area contributed by atoms with Gasteiger partial charge in [0.05, 0.1) is 10.9 Å². The molecule has 0 bridgehead atoms. The number of hydrogen-bond donors (Lipinski definition) is 3. The lowest BCUT2D eigenvalue weighted by Crippen LogP contribution is -2.05. The van der Waals surface area contributed by atoms with Gasteiger partial charge in [-0.25, -0.2) is 4.79 Å². The molecular weight excluding hydrogens is 354 g/mol. The van der Waals surface area contributed by atoms with E-state index in [1.165, 1.54) is 6.07 Å². The van der Waals surface area contributed by atoms with Crippen molar-refractivity contribution in [1.29, 1.82) is 0 Å². The number of carbonyl (C=O) groups is 1. The SMILES string of the molecule is CN=c1ccc2c(-c3ccc(N)cc3C(=O)O)c3ccc(NC)cc3oc-2c1. The molecule has 1 heterocycles.